The van der Waals surface area contributed by atoms with E-state index in [1.165, 1.54) is 24.8 Å². The molecule has 1 fully saturated rings. The van der Waals surface area contributed by atoms with Crippen LogP contribution in [-0.4, -0.2) is 10.4 Å². The molecule has 2 heterocycles. The van der Waals surface area contributed by atoms with Gasteiger partial charge in [-0.05, 0) is 31.4 Å². The zero-order valence-electron chi connectivity index (χ0n) is 8.49. The molecule has 2 aliphatic rings. The predicted octanol–water partition coefficient (Wildman–Crippen LogP) is 2.72. The van der Waals surface area contributed by atoms with Crippen molar-refractivity contribution in [2.45, 2.75) is 38.6 Å². The van der Waals surface area contributed by atoms with Crippen molar-refractivity contribution in [3.8, 4) is 0 Å². The molecule has 0 N–H and O–H groups in total. The predicted molar refractivity (Wildman–Crippen MR) is 54.5 cm³/mol. The van der Waals surface area contributed by atoms with Gasteiger partial charge in [0.05, 0.1) is 5.69 Å². The molecule has 1 aromatic heterocycles. The smallest absolute Gasteiger partial charge is 0.184 e. The number of rotatable bonds is 0. The summed E-state index contributed by atoms with van der Waals surface area (Å²) in [7, 11) is 0. The molecule has 0 bridgehead atoms. The SMILES string of the molecule is Cc1cc2n(c1)[C@H]1CCCC[C@H]1C2=O. The number of carbonyl (C=O) groups excluding carboxylic acids is 1. The van der Waals surface area contributed by atoms with Crippen LogP contribution in [0.1, 0.15) is 47.8 Å². The van der Waals surface area contributed by atoms with Crippen molar-refractivity contribution in [1.82, 2.24) is 4.57 Å². The number of aryl methyl sites for hydroxylation is 1. The number of aromatic nitrogens is 1. The highest BCUT2D eigenvalue weighted by Crippen LogP contribution is 2.42. The lowest BCUT2D eigenvalue weighted by atomic mass is 9.84. The molecule has 0 saturated heterocycles. The van der Waals surface area contributed by atoms with Gasteiger partial charge in [0.15, 0.2) is 5.78 Å². The van der Waals surface area contributed by atoms with E-state index in [0.717, 1.165) is 12.1 Å². The molecule has 0 aromatic carbocycles. The summed E-state index contributed by atoms with van der Waals surface area (Å²) in [5, 5.41) is 0. The highest BCUT2D eigenvalue weighted by Gasteiger charge is 2.40. The van der Waals surface area contributed by atoms with Crippen LogP contribution in [0.25, 0.3) is 0 Å². The summed E-state index contributed by atoms with van der Waals surface area (Å²) in [6.45, 7) is 2.07. The van der Waals surface area contributed by atoms with E-state index in [2.05, 4.69) is 17.7 Å². The Balaban J connectivity index is 2.09. The Morgan fingerprint density at radius 3 is 3.00 bits per heavy atom. The number of hydrogen-bond acceptors (Lipinski definition) is 1. The number of carbonyl (C=O) groups is 1. The Labute approximate surface area is 83.9 Å². The van der Waals surface area contributed by atoms with Crippen LogP contribution in [0.5, 0.6) is 0 Å². The van der Waals surface area contributed by atoms with Crippen molar-refractivity contribution in [3.05, 3.63) is 23.5 Å². The number of fused-ring (bicyclic) bond motifs is 3. The average Bonchev–Trinajstić information content (AvgIpc) is 2.68. The highest BCUT2D eigenvalue weighted by molar-refractivity contribution is 5.99. The van der Waals surface area contributed by atoms with Gasteiger partial charge in [-0.15, -0.1) is 0 Å². The van der Waals surface area contributed by atoms with Crippen molar-refractivity contribution >= 4 is 5.78 Å². The van der Waals surface area contributed by atoms with E-state index in [4.69, 9.17) is 0 Å². The fraction of sp³-hybridized carbons (Fsp3) is 0.583. The normalized spacial score (nSPS) is 30.2. The van der Waals surface area contributed by atoms with E-state index in [-0.39, 0.29) is 0 Å². The molecule has 1 aromatic rings. The van der Waals surface area contributed by atoms with Gasteiger partial charge in [0.2, 0.25) is 0 Å². The molecule has 0 unspecified atom stereocenters. The molecular formula is C12H15NO. The quantitative estimate of drug-likeness (QED) is 0.615. The van der Waals surface area contributed by atoms with Crippen LogP contribution < -0.4 is 0 Å². The second-order valence-electron chi connectivity index (χ2n) is 4.63. The minimum atomic E-state index is 0.305. The van der Waals surface area contributed by atoms with E-state index >= 15 is 0 Å². The van der Waals surface area contributed by atoms with Gasteiger partial charge in [-0.3, -0.25) is 4.79 Å². The fourth-order valence-corrected chi connectivity index (χ4v) is 3.03. The Hall–Kier alpha value is -1.05. The van der Waals surface area contributed by atoms with Gasteiger partial charge in [0.25, 0.3) is 0 Å². The first kappa shape index (κ1) is 8.27. The summed E-state index contributed by atoms with van der Waals surface area (Å²) in [5.74, 6) is 0.696. The molecular weight excluding hydrogens is 174 g/mol. The molecule has 14 heavy (non-hydrogen) atoms. The van der Waals surface area contributed by atoms with Crippen LogP contribution in [0.4, 0.5) is 0 Å². The molecule has 2 atom stereocenters. The van der Waals surface area contributed by atoms with Crippen LogP contribution in [0, 0.1) is 12.8 Å². The third kappa shape index (κ3) is 0.941. The van der Waals surface area contributed by atoms with Crippen LogP contribution in [0.15, 0.2) is 12.3 Å². The summed E-state index contributed by atoms with van der Waals surface area (Å²) in [4.78, 5) is 12.0. The fourth-order valence-electron chi connectivity index (χ4n) is 3.03. The first-order valence-corrected chi connectivity index (χ1v) is 5.50. The summed E-state index contributed by atoms with van der Waals surface area (Å²) < 4.78 is 2.22. The van der Waals surface area contributed by atoms with Crippen molar-refractivity contribution in [1.29, 1.82) is 0 Å². The number of ketones is 1. The van der Waals surface area contributed by atoms with Gasteiger partial charge in [0, 0.05) is 18.2 Å². The van der Waals surface area contributed by atoms with Crippen LogP contribution >= 0.6 is 0 Å². The lowest BCUT2D eigenvalue weighted by Crippen LogP contribution is -2.20. The zero-order chi connectivity index (χ0) is 9.71. The summed E-state index contributed by atoms with van der Waals surface area (Å²) in [6, 6.07) is 2.53. The summed E-state index contributed by atoms with van der Waals surface area (Å²) in [6.07, 6.45) is 6.95. The van der Waals surface area contributed by atoms with E-state index in [1.807, 2.05) is 6.07 Å². The van der Waals surface area contributed by atoms with Crippen LogP contribution in [-0.2, 0) is 0 Å². The maximum Gasteiger partial charge on any atom is 0.184 e. The molecule has 1 saturated carbocycles. The minimum Gasteiger partial charge on any atom is -0.341 e. The zero-order valence-corrected chi connectivity index (χ0v) is 8.49. The number of Topliss-reactive ketones (excluding diaryl/α,β-unsaturated/α-hetero) is 1. The standard InChI is InChI=1S/C12H15NO/c1-8-6-11-12(14)9-4-2-3-5-10(9)13(11)7-8/h6-7,9-10H,2-5H2,1H3/t9-,10+/m1/s1. The number of nitrogens with zero attached hydrogens (tertiary/aromatic N) is 1. The highest BCUT2D eigenvalue weighted by atomic mass is 16.1. The van der Waals surface area contributed by atoms with E-state index < -0.39 is 0 Å². The van der Waals surface area contributed by atoms with Crippen molar-refractivity contribution in [2.24, 2.45) is 5.92 Å². The Morgan fingerprint density at radius 1 is 1.36 bits per heavy atom. The molecule has 1 aliphatic heterocycles. The van der Waals surface area contributed by atoms with Crippen LogP contribution in [0.3, 0.4) is 0 Å². The Bertz CT molecular complexity index is 391. The molecule has 74 valence electrons. The van der Waals surface area contributed by atoms with Gasteiger partial charge < -0.3 is 4.57 Å². The molecule has 3 rings (SSSR count). The summed E-state index contributed by atoms with van der Waals surface area (Å²) in [5.41, 5.74) is 2.18. The first-order valence-electron chi connectivity index (χ1n) is 5.50. The van der Waals surface area contributed by atoms with Gasteiger partial charge in [-0.2, -0.15) is 0 Å². The minimum absolute atomic E-state index is 0.305. The second-order valence-corrected chi connectivity index (χ2v) is 4.63. The maximum atomic E-state index is 12.0. The molecule has 1 aliphatic carbocycles. The van der Waals surface area contributed by atoms with Gasteiger partial charge in [0.1, 0.15) is 0 Å². The lowest BCUT2D eigenvalue weighted by Gasteiger charge is -2.24. The van der Waals surface area contributed by atoms with E-state index in [1.54, 1.807) is 0 Å². The third-order valence-corrected chi connectivity index (χ3v) is 3.66. The molecule has 0 spiro atoms. The largest absolute Gasteiger partial charge is 0.341 e. The van der Waals surface area contributed by atoms with Gasteiger partial charge in [-0.1, -0.05) is 12.8 Å². The maximum absolute atomic E-state index is 12.0. The lowest BCUT2D eigenvalue weighted by molar-refractivity contribution is 0.0891. The van der Waals surface area contributed by atoms with Crippen molar-refractivity contribution in [3.63, 3.8) is 0 Å². The van der Waals surface area contributed by atoms with Gasteiger partial charge >= 0.3 is 0 Å². The molecule has 2 heteroatoms. The second kappa shape index (κ2) is 2.72. The van der Waals surface area contributed by atoms with Crippen molar-refractivity contribution < 1.29 is 4.79 Å². The van der Waals surface area contributed by atoms with E-state index in [0.29, 0.717) is 17.7 Å². The van der Waals surface area contributed by atoms with E-state index in [9.17, 15) is 4.79 Å². The molecule has 0 radical (unpaired) electrons. The first-order chi connectivity index (χ1) is 6.77. The average molecular weight is 189 g/mol. The third-order valence-electron chi connectivity index (χ3n) is 3.66. The Kier molecular flexibility index (Phi) is 1.61. The van der Waals surface area contributed by atoms with Crippen molar-refractivity contribution in [2.75, 3.05) is 0 Å². The monoisotopic (exact) mass is 189 g/mol. The topological polar surface area (TPSA) is 22.0 Å². The van der Waals surface area contributed by atoms with Gasteiger partial charge in [-0.25, -0.2) is 0 Å². The van der Waals surface area contributed by atoms with Crippen LogP contribution in [0.2, 0.25) is 0 Å². The molecule has 0 amide bonds. The number of hydrogen-bond donors (Lipinski definition) is 0. The molecule has 2 nitrogen and oxygen atoms in total. The summed E-state index contributed by atoms with van der Waals surface area (Å²) >= 11 is 0. The Morgan fingerprint density at radius 2 is 2.14 bits per heavy atom.